The molecule has 102 valence electrons. The lowest BCUT2D eigenvalue weighted by molar-refractivity contribution is 0.733. The van der Waals surface area contributed by atoms with Crippen LogP contribution in [0.15, 0.2) is 6.07 Å². The highest BCUT2D eigenvalue weighted by Crippen LogP contribution is 2.32. The molecule has 0 amide bonds. The Labute approximate surface area is 116 Å². The number of anilines is 1. The third kappa shape index (κ3) is 3.48. The van der Waals surface area contributed by atoms with E-state index in [0.29, 0.717) is 6.54 Å². The van der Waals surface area contributed by atoms with Crippen molar-refractivity contribution in [3.63, 3.8) is 0 Å². The molecule has 0 atom stereocenters. The summed E-state index contributed by atoms with van der Waals surface area (Å²) in [5.74, 6) is 4.64. The Morgan fingerprint density at radius 3 is 2.79 bits per heavy atom. The summed E-state index contributed by atoms with van der Waals surface area (Å²) in [5, 5.41) is 3.23. The smallest absolute Gasteiger partial charge is 0.134 e. The summed E-state index contributed by atoms with van der Waals surface area (Å²) in [6.07, 6.45) is 8.18. The Morgan fingerprint density at radius 2 is 2.21 bits per heavy atom. The Morgan fingerprint density at radius 1 is 1.47 bits per heavy atom. The van der Waals surface area contributed by atoms with Crippen molar-refractivity contribution in [2.24, 2.45) is 5.92 Å². The molecule has 0 bridgehead atoms. The van der Waals surface area contributed by atoms with Crippen LogP contribution in [0, 0.1) is 32.1 Å². The molecule has 0 aliphatic heterocycles. The Hall–Kier alpha value is -1.53. The summed E-state index contributed by atoms with van der Waals surface area (Å²) in [6.45, 7) is 6.71. The number of aryl methyl sites for hydroxylation is 2. The zero-order valence-electron chi connectivity index (χ0n) is 12.2. The molecule has 1 heterocycles. The second-order valence-corrected chi connectivity index (χ2v) is 5.44. The topological polar surface area (TPSA) is 28.2 Å². The third-order valence-electron chi connectivity index (χ3n) is 3.56. The molecule has 3 heteroatoms. The van der Waals surface area contributed by atoms with Crippen molar-refractivity contribution < 1.29 is 0 Å². The van der Waals surface area contributed by atoms with Crippen LogP contribution in [-0.4, -0.2) is 25.1 Å². The average Bonchev–Trinajstić information content (AvgIpc) is 3.16. The van der Waals surface area contributed by atoms with E-state index >= 15 is 0 Å². The number of hydrogen-bond acceptors (Lipinski definition) is 3. The van der Waals surface area contributed by atoms with Crippen LogP contribution in [0.2, 0.25) is 0 Å². The van der Waals surface area contributed by atoms with Gasteiger partial charge in [0.1, 0.15) is 5.82 Å². The number of rotatable bonds is 6. The van der Waals surface area contributed by atoms with Crippen LogP contribution < -0.4 is 10.2 Å². The van der Waals surface area contributed by atoms with E-state index in [1.165, 1.54) is 24.0 Å². The number of hydrogen-bond donors (Lipinski definition) is 1. The molecule has 1 N–H and O–H groups in total. The molecule has 2 rings (SSSR count). The highest BCUT2D eigenvalue weighted by Gasteiger charge is 2.26. The van der Waals surface area contributed by atoms with E-state index in [9.17, 15) is 0 Å². The van der Waals surface area contributed by atoms with Gasteiger partial charge < -0.3 is 10.2 Å². The van der Waals surface area contributed by atoms with Crippen molar-refractivity contribution in [3.05, 3.63) is 22.9 Å². The quantitative estimate of drug-likeness (QED) is 0.792. The van der Waals surface area contributed by atoms with Crippen molar-refractivity contribution in [2.45, 2.75) is 33.2 Å². The van der Waals surface area contributed by atoms with Gasteiger partial charge in [0.25, 0.3) is 0 Å². The van der Waals surface area contributed by atoms with Gasteiger partial charge in [-0.3, -0.25) is 0 Å². The van der Waals surface area contributed by atoms with Crippen LogP contribution in [0.4, 0.5) is 5.82 Å². The largest absolute Gasteiger partial charge is 0.345 e. The zero-order chi connectivity index (χ0) is 13.8. The summed E-state index contributed by atoms with van der Waals surface area (Å²) < 4.78 is 0. The van der Waals surface area contributed by atoms with Crippen LogP contribution >= 0.6 is 0 Å². The van der Waals surface area contributed by atoms with E-state index in [0.717, 1.165) is 30.5 Å². The molecule has 0 unspecified atom stereocenters. The molecule has 1 aromatic rings. The first kappa shape index (κ1) is 13.9. The van der Waals surface area contributed by atoms with E-state index in [-0.39, 0.29) is 0 Å². The molecule has 0 aromatic carbocycles. The highest BCUT2D eigenvalue weighted by molar-refractivity contribution is 5.52. The van der Waals surface area contributed by atoms with Gasteiger partial charge in [-0.15, -0.1) is 6.42 Å². The molecule has 1 fully saturated rings. The normalized spacial score (nSPS) is 14.2. The van der Waals surface area contributed by atoms with Gasteiger partial charge in [-0.25, -0.2) is 4.98 Å². The summed E-state index contributed by atoms with van der Waals surface area (Å²) >= 11 is 0. The lowest BCUT2D eigenvalue weighted by Gasteiger charge is -2.25. The van der Waals surface area contributed by atoms with Crippen LogP contribution in [0.1, 0.15) is 29.7 Å². The first-order valence-corrected chi connectivity index (χ1v) is 6.95. The highest BCUT2D eigenvalue weighted by atomic mass is 15.2. The summed E-state index contributed by atoms with van der Waals surface area (Å²) in [7, 11) is 1.97. The van der Waals surface area contributed by atoms with E-state index < -0.39 is 0 Å². The zero-order valence-corrected chi connectivity index (χ0v) is 12.2. The van der Waals surface area contributed by atoms with Gasteiger partial charge in [0.15, 0.2) is 0 Å². The minimum atomic E-state index is 0.642. The molecule has 0 spiro atoms. The van der Waals surface area contributed by atoms with E-state index in [1.54, 1.807) is 0 Å². The molecular weight excluding hydrogens is 234 g/mol. The number of pyridine rings is 1. The Bertz CT molecular complexity index is 484. The van der Waals surface area contributed by atoms with E-state index in [4.69, 9.17) is 11.4 Å². The molecule has 0 radical (unpaired) electrons. The molecule has 0 saturated heterocycles. The summed E-state index contributed by atoms with van der Waals surface area (Å²) in [5.41, 5.74) is 3.61. The van der Waals surface area contributed by atoms with Crippen molar-refractivity contribution in [1.82, 2.24) is 10.3 Å². The summed E-state index contributed by atoms with van der Waals surface area (Å²) in [4.78, 5) is 7.01. The summed E-state index contributed by atoms with van der Waals surface area (Å²) in [6, 6.07) is 2.14. The predicted octanol–water partition coefficient (Wildman–Crippen LogP) is 2.27. The molecule has 1 aromatic heterocycles. The molecule has 19 heavy (non-hydrogen) atoms. The minimum absolute atomic E-state index is 0.642. The average molecular weight is 257 g/mol. The SMILES string of the molecule is C#CCN(CC1CC1)c1nc(C)cc(C)c1CNC. The number of nitrogens with one attached hydrogen (secondary N) is 1. The molecule has 3 nitrogen and oxygen atoms in total. The van der Waals surface area contributed by atoms with Crippen LogP contribution in [0.3, 0.4) is 0 Å². The van der Waals surface area contributed by atoms with Gasteiger partial charge in [-0.05, 0) is 51.3 Å². The second kappa shape index (κ2) is 6.08. The first-order valence-electron chi connectivity index (χ1n) is 6.95. The maximum Gasteiger partial charge on any atom is 0.134 e. The Kier molecular flexibility index (Phi) is 4.44. The van der Waals surface area contributed by atoms with Crippen molar-refractivity contribution in [2.75, 3.05) is 25.0 Å². The van der Waals surface area contributed by atoms with Gasteiger partial charge in [0.05, 0.1) is 6.54 Å². The van der Waals surface area contributed by atoms with Crippen molar-refractivity contribution in [1.29, 1.82) is 0 Å². The van der Waals surface area contributed by atoms with Gasteiger partial charge in [0, 0.05) is 24.3 Å². The van der Waals surface area contributed by atoms with Gasteiger partial charge >= 0.3 is 0 Å². The number of terminal acetylenes is 1. The van der Waals surface area contributed by atoms with Crippen LogP contribution in [0.5, 0.6) is 0 Å². The minimum Gasteiger partial charge on any atom is -0.345 e. The molecule has 1 aliphatic rings. The van der Waals surface area contributed by atoms with Gasteiger partial charge in [0.2, 0.25) is 0 Å². The van der Waals surface area contributed by atoms with Crippen LogP contribution in [0.25, 0.3) is 0 Å². The third-order valence-corrected chi connectivity index (χ3v) is 3.56. The lowest BCUT2D eigenvalue weighted by atomic mass is 10.1. The Balaban J connectivity index is 2.34. The molecular formula is C16H23N3. The standard InChI is InChI=1S/C16H23N3/c1-5-8-19(11-14-6-7-14)16-15(10-17-4)12(2)9-13(3)18-16/h1,9,14,17H,6-8,10-11H2,2-4H3. The predicted molar refractivity (Wildman–Crippen MR) is 80.2 cm³/mol. The number of nitrogens with zero attached hydrogens (tertiary/aromatic N) is 2. The number of aromatic nitrogens is 1. The maximum absolute atomic E-state index is 5.53. The maximum atomic E-state index is 5.53. The fourth-order valence-corrected chi connectivity index (χ4v) is 2.45. The lowest BCUT2D eigenvalue weighted by Crippen LogP contribution is -2.29. The monoisotopic (exact) mass is 257 g/mol. The second-order valence-electron chi connectivity index (χ2n) is 5.44. The molecule has 1 aliphatic carbocycles. The van der Waals surface area contributed by atoms with E-state index in [2.05, 4.69) is 29.1 Å². The van der Waals surface area contributed by atoms with Crippen molar-refractivity contribution in [3.8, 4) is 12.3 Å². The van der Waals surface area contributed by atoms with Crippen LogP contribution in [-0.2, 0) is 6.54 Å². The van der Waals surface area contributed by atoms with Crippen molar-refractivity contribution >= 4 is 5.82 Å². The van der Waals surface area contributed by atoms with Gasteiger partial charge in [-0.2, -0.15) is 0 Å². The fraction of sp³-hybridized carbons (Fsp3) is 0.562. The fourth-order valence-electron chi connectivity index (χ4n) is 2.45. The first-order chi connectivity index (χ1) is 9.15. The van der Waals surface area contributed by atoms with E-state index in [1.807, 2.05) is 14.0 Å². The molecule has 1 saturated carbocycles. The van der Waals surface area contributed by atoms with Gasteiger partial charge in [-0.1, -0.05) is 5.92 Å².